The summed E-state index contributed by atoms with van der Waals surface area (Å²) in [6, 6.07) is 0.0539. The van der Waals surface area contributed by atoms with Crippen LogP contribution in [-0.2, 0) is 4.79 Å². The van der Waals surface area contributed by atoms with E-state index in [9.17, 15) is 4.79 Å². The highest BCUT2D eigenvalue weighted by Gasteiger charge is 2.61. The largest absolute Gasteiger partial charge is 0.354 e. The third-order valence-electron chi connectivity index (χ3n) is 3.06. The lowest BCUT2D eigenvalue weighted by Crippen LogP contribution is -2.47. The van der Waals surface area contributed by atoms with Crippen LogP contribution in [0.25, 0.3) is 0 Å². The van der Waals surface area contributed by atoms with Gasteiger partial charge in [-0.15, -0.1) is 12.4 Å². The fourth-order valence-electron chi connectivity index (χ4n) is 1.94. The van der Waals surface area contributed by atoms with E-state index in [1.807, 2.05) is 6.92 Å². The number of hydrogen-bond donors (Lipinski definition) is 3. The van der Waals surface area contributed by atoms with Gasteiger partial charge in [-0.05, 0) is 13.3 Å². The van der Waals surface area contributed by atoms with Gasteiger partial charge in [0.1, 0.15) is 0 Å². The molecular weight excluding hydrogens is 202 g/mol. The summed E-state index contributed by atoms with van der Waals surface area (Å²) < 4.78 is 0. The van der Waals surface area contributed by atoms with Gasteiger partial charge in [0.05, 0.1) is 0 Å². The van der Waals surface area contributed by atoms with E-state index in [2.05, 4.69) is 10.6 Å². The van der Waals surface area contributed by atoms with Gasteiger partial charge < -0.3 is 16.4 Å². The van der Waals surface area contributed by atoms with E-state index in [1.54, 1.807) is 0 Å². The molecule has 2 atom stereocenters. The van der Waals surface area contributed by atoms with Crippen molar-refractivity contribution in [2.75, 3.05) is 19.6 Å². The summed E-state index contributed by atoms with van der Waals surface area (Å²) in [6.07, 6.45) is 1.06. The summed E-state index contributed by atoms with van der Waals surface area (Å²) >= 11 is 0. The van der Waals surface area contributed by atoms with Crippen LogP contribution >= 0.6 is 12.4 Å². The molecule has 2 fully saturated rings. The first-order valence-electron chi connectivity index (χ1n) is 4.88. The zero-order valence-corrected chi connectivity index (χ0v) is 9.19. The van der Waals surface area contributed by atoms with Crippen molar-refractivity contribution in [2.24, 2.45) is 17.1 Å². The minimum absolute atomic E-state index is 0. The van der Waals surface area contributed by atoms with Crippen molar-refractivity contribution in [1.82, 2.24) is 10.6 Å². The van der Waals surface area contributed by atoms with E-state index >= 15 is 0 Å². The minimum atomic E-state index is 0. The van der Waals surface area contributed by atoms with Gasteiger partial charge in [0.2, 0.25) is 5.91 Å². The molecule has 0 aromatic carbocycles. The topological polar surface area (TPSA) is 67.1 Å². The number of rotatable bonds is 3. The molecule has 2 aliphatic rings. The average Bonchev–Trinajstić information content (AvgIpc) is 2.73. The molecule has 1 saturated carbocycles. The van der Waals surface area contributed by atoms with Crippen molar-refractivity contribution in [3.05, 3.63) is 0 Å². The molecule has 1 saturated heterocycles. The standard InChI is InChI=1S/C9H17N3O.ClH/c1-6(10)3-12-8(13)7-2-9(7)4-11-5-9;/h6-7,11H,2-5,10H2,1H3,(H,12,13);1H. The maximum Gasteiger partial charge on any atom is 0.223 e. The average molecular weight is 220 g/mol. The van der Waals surface area contributed by atoms with Crippen molar-refractivity contribution in [2.45, 2.75) is 19.4 Å². The molecule has 2 unspecified atom stereocenters. The number of carbonyl (C=O) groups is 1. The van der Waals surface area contributed by atoms with E-state index in [0.717, 1.165) is 19.5 Å². The Morgan fingerprint density at radius 2 is 2.36 bits per heavy atom. The first-order chi connectivity index (χ1) is 6.14. The van der Waals surface area contributed by atoms with E-state index in [0.29, 0.717) is 12.0 Å². The van der Waals surface area contributed by atoms with Crippen LogP contribution in [0.1, 0.15) is 13.3 Å². The SMILES string of the molecule is CC(N)CNC(=O)C1CC12CNC2.Cl. The predicted octanol–water partition coefficient (Wildman–Crippen LogP) is -0.519. The molecular formula is C9H18ClN3O. The fourth-order valence-corrected chi connectivity index (χ4v) is 1.94. The van der Waals surface area contributed by atoms with Gasteiger partial charge in [-0.3, -0.25) is 4.79 Å². The van der Waals surface area contributed by atoms with Crippen molar-refractivity contribution < 1.29 is 4.79 Å². The van der Waals surface area contributed by atoms with E-state index in [4.69, 9.17) is 5.73 Å². The van der Waals surface area contributed by atoms with Crippen LogP contribution in [0, 0.1) is 11.3 Å². The van der Waals surface area contributed by atoms with Crippen molar-refractivity contribution >= 4 is 18.3 Å². The van der Waals surface area contributed by atoms with E-state index in [-0.39, 0.29) is 30.3 Å². The molecule has 2 rings (SSSR count). The number of carbonyl (C=O) groups excluding carboxylic acids is 1. The molecule has 0 radical (unpaired) electrons. The third-order valence-corrected chi connectivity index (χ3v) is 3.06. The van der Waals surface area contributed by atoms with Gasteiger partial charge in [0.25, 0.3) is 0 Å². The molecule has 1 heterocycles. The highest BCUT2D eigenvalue weighted by Crippen LogP contribution is 2.55. The molecule has 0 bridgehead atoms. The molecule has 82 valence electrons. The Kier molecular flexibility index (Phi) is 3.40. The summed E-state index contributed by atoms with van der Waals surface area (Å²) in [6.45, 7) is 4.53. The zero-order chi connectivity index (χ0) is 9.47. The lowest BCUT2D eigenvalue weighted by molar-refractivity contribution is -0.123. The van der Waals surface area contributed by atoms with Gasteiger partial charge in [-0.25, -0.2) is 0 Å². The van der Waals surface area contributed by atoms with Crippen LogP contribution in [0.5, 0.6) is 0 Å². The molecule has 4 N–H and O–H groups in total. The zero-order valence-electron chi connectivity index (χ0n) is 8.38. The molecule has 1 aliphatic heterocycles. The fraction of sp³-hybridized carbons (Fsp3) is 0.889. The number of nitrogens with one attached hydrogen (secondary N) is 2. The van der Waals surface area contributed by atoms with Gasteiger partial charge in [-0.2, -0.15) is 0 Å². The van der Waals surface area contributed by atoms with E-state index < -0.39 is 0 Å². The van der Waals surface area contributed by atoms with Gasteiger partial charge in [0, 0.05) is 37.0 Å². The van der Waals surface area contributed by atoms with Crippen LogP contribution < -0.4 is 16.4 Å². The van der Waals surface area contributed by atoms with Gasteiger partial charge >= 0.3 is 0 Å². The number of hydrogen-bond acceptors (Lipinski definition) is 3. The second-order valence-corrected chi connectivity index (χ2v) is 4.45. The van der Waals surface area contributed by atoms with Crippen LogP contribution in [0.4, 0.5) is 0 Å². The Balaban J connectivity index is 0.000000980. The highest BCUT2D eigenvalue weighted by atomic mass is 35.5. The quantitative estimate of drug-likeness (QED) is 0.599. The summed E-state index contributed by atoms with van der Waals surface area (Å²) in [5.74, 6) is 0.450. The summed E-state index contributed by atoms with van der Waals surface area (Å²) in [7, 11) is 0. The first kappa shape index (κ1) is 11.8. The molecule has 0 aromatic rings. The van der Waals surface area contributed by atoms with Crippen LogP contribution in [0.3, 0.4) is 0 Å². The van der Waals surface area contributed by atoms with Crippen LogP contribution in [0.2, 0.25) is 0 Å². The highest BCUT2D eigenvalue weighted by molar-refractivity contribution is 5.85. The monoisotopic (exact) mass is 219 g/mol. The molecule has 4 nitrogen and oxygen atoms in total. The molecule has 0 aromatic heterocycles. The third kappa shape index (κ3) is 2.02. The van der Waals surface area contributed by atoms with Gasteiger partial charge in [-0.1, -0.05) is 0 Å². The maximum absolute atomic E-state index is 11.5. The normalized spacial score (nSPS) is 28.6. The number of halogens is 1. The summed E-state index contributed by atoms with van der Waals surface area (Å²) in [5, 5.41) is 6.08. The lowest BCUT2D eigenvalue weighted by atomic mass is 9.96. The predicted molar refractivity (Wildman–Crippen MR) is 57.3 cm³/mol. The summed E-state index contributed by atoms with van der Waals surface area (Å²) in [5.41, 5.74) is 5.88. The summed E-state index contributed by atoms with van der Waals surface area (Å²) in [4.78, 5) is 11.5. The van der Waals surface area contributed by atoms with Crippen LogP contribution in [-0.4, -0.2) is 31.6 Å². The Labute approximate surface area is 90.4 Å². The maximum atomic E-state index is 11.5. The van der Waals surface area contributed by atoms with Crippen molar-refractivity contribution in [3.63, 3.8) is 0 Å². The Morgan fingerprint density at radius 1 is 1.71 bits per heavy atom. The van der Waals surface area contributed by atoms with E-state index in [1.165, 1.54) is 0 Å². The smallest absolute Gasteiger partial charge is 0.223 e. The molecule has 1 amide bonds. The Morgan fingerprint density at radius 3 is 2.71 bits per heavy atom. The number of amides is 1. The first-order valence-corrected chi connectivity index (χ1v) is 4.88. The molecule has 14 heavy (non-hydrogen) atoms. The Hall–Kier alpha value is -0.320. The minimum Gasteiger partial charge on any atom is -0.354 e. The van der Waals surface area contributed by atoms with Gasteiger partial charge in [0.15, 0.2) is 0 Å². The molecule has 5 heteroatoms. The number of nitrogens with two attached hydrogens (primary N) is 1. The van der Waals surface area contributed by atoms with Crippen molar-refractivity contribution in [3.8, 4) is 0 Å². The van der Waals surface area contributed by atoms with Crippen LogP contribution in [0.15, 0.2) is 0 Å². The second-order valence-electron chi connectivity index (χ2n) is 4.45. The Bertz CT molecular complexity index is 228. The second kappa shape index (κ2) is 4.04. The van der Waals surface area contributed by atoms with Crippen molar-refractivity contribution in [1.29, 1.82) is 0 Å². The lowest BCUT2D eigenvalue weighted by Gasteiger charge is -2.28. The molecule has 1 spiro atoms. The molecule has 1 aliphatic carbocycles.